The summed E-state index contributed by atoms with van der Waals surface area (Å²) in [5.41, 5.74) is 2.14. The molecular weight excluding hydrogens is 410 g/mol. The van der Waals surface area contributed by atoms with Crippen LogP contribution in [-0.4, -0.2) is 6.03 Å². The van der Waals surface area contributed by atoms with Crippen molar-refractivity contribution < 1.29 is 4.79 Å². The van der Waals surface area contributed by atoms with E-state index >= 15 is 0 Å². The lowest BCUT2D eigenvalue weighted by Crippen LogP contribution is -2.19. The van der Waals surface area contributed by atoms with Gasteiger partial charge in [0.05, 0.1) is 10.7 Å². The zero-order chi connectivity index (χ0) is 14.7. The van der Waals surface area contributed by atoms with Gasteiger partial charge in [-0.05, 0) is 65.4 Å². The first-order chi connectivity index (χ1) is 9.45. The van der Waals surface area contributed by atoms with Crippen molar-refractivity contribution in [3.05, 3.63) is 55.6 Å². The van der Waals surface area contributed by atoms with E-state index in [1.54, 1.807) is 24.3 Å². The van der Waals surface area contributed by atoms with Crippen LogP contribution in [0.15, 0.2) is 36.4 Å². The maximum atomic E-state index is 11.9. The predicted octanol–water partition coefficient (Wildman–Crippen LogP) is 5.55. The summed E-state index contributed by atoms with van der Waals surface area (Å²) in [5.74, 6) is 0. The largest absolute Gasteiger partial charge is 0.323 e. The number of halogens is 3. The van der Waals surface area contributed by atoms with E-state index in [4.69, 9.17) is 23.2 Å². The van der Waals surface area contributed by atoms with Crippen LogP contribution >= 0.6 is 45.8 Å². The standard InChI is InChI=1S/C14H11Cl2IN2O/c1-8-2-4-10(7-11(8)15)18-14(20)19-13-5-3-9(17)6-12(13)16/h2-7H,1H3,(H2,18,19,20). The van der Waals surface area contributed by atoms with Gasteiger partial charge in [-0.3, -0.25) is 0 Å². The van der Waals surface area contributed by atoms with Gasteiger partial charge in [-0.15, -0.1) is 0 Å². The van der Waals surface area contributed by atoms with Crippen molar-refractivity contribution in [2.24, 2.45) is 0 Å². The van der Waals surface area contributed by atoms with E-state index in [1.807, 2.05) is 19.1 Å². The summed E-state index contributed by atoms with van der Waals surface area (Å²) in [7, 11) is 0. The van der Waals surface area contributed by atoms with Crippen LogP contribution < -0.4 is 10.6 Å². The highest BCUT2D eigenvalue weighted by atomic mass is 127. The summed E-state index contributed by atoms with van der Waals surface area (Å²) in [6.07, 6.45) is 0. The molecular formula is C14H11Cl2IN2O. The van der Waals surface area contributed by atoms with E-state index in [-0.39, 0.29) is 6.03 Å². The summed E-state index contributed by atoms with van der Waals surface area (Å²) in [4.78, 5) is 11.9. The molecule has 2 amide bonds. The second-order valence-corrected chi connectivity index (χ2v) is 6.23. The van der Waals surface area contributed by atoms with Gasteiger partial charge in [0, 0.05) is 14.3 Å². The normalized spacial score (nSPS) is 10.2. The van der Waals surface area contributed by atoms with Crippen molar-refractivity contribution >= 4 is 63.2 Å². The third-order valence-corrected chi connectivity index (χ3v) is 4.00. The Labute approximate surface area is 140 Å². The Morgan fingerprint density at radius 3 is 2.45 bits per heavy atom. The molecule has 0 bridgehead atoms. The molecule has 0 saturated carbocycles. The van der Waals surface area contributed by atoms with Gasteiger partial charge in [0.2, 0.25) is 0 Å². The van der Waals surface area contributed by atoms with Crippen LogP contribution in [0.1, 0.15) is 5.56 Å². The summed E-state index contributed by atoms with van der Waals surface area (Å²) >= 11 is 14.2. The highest BCUT2D eigenvalue weighted by Crippen LogP contribution is 2.24. The number of anilines is 2. The van der Waals surface area contributed by atoms with E-state index in [1.165, 1.54) is 0 Å². The molecule has 6 heteroatoms. The highest BCUT2D eigenvalue weighted by molar-refractivity contribution is 14.1. The van der Waals surface area contributed by atoms with Crippen molar-refractivity contribution in [1.82, 2.24) is 0 Å². The van der Waals surface area contributed by atoms with Gasteiger partial charge in [-0.2, -0.15) is 0 Å². The fourth-order valence-electron chi connectivity index (χ4n) is 1.55. The van der Waals surface area contributed by atoms with Crippen molar-refractivity contribution in [3.63, 3.8) is 0 Å². The third-order valence-electron chi connectivity index (χ3n) is 2.61. The van der Waals surface area contributed by atoms with Crippen molar-refractivity contribution in [2.75, 3.05) is 10.6 Å². The summed E-state index contributed by atoms with van der Waals surface area (Å²) < 4.78 is 1.00. The van der Waals surface area contributed by atoms with Crippen LogP contribution in [0, 0.1) is 10.5 Å². The van der Waals surface area contributed by atoms with Gasteiger partial charge in [0.25, 0.3) is 0 Å². The molecule has 0 heterocycles. The number of carbonyl (C=O) groups excluding carboxylic acids is 1. The number of carbonyl (C=O) groups is 1. The molecule has 0 unspecified atom stereocenters. The molecule has 0 radical (unpaired) electrons. The van der Waals surface area contributed by atoms with E-state index < -0.39 is 0 Å². The molecule has 3 nitrogen and oxygen atoms in total. The second kappa shape index (κ2) is 6.65. The minimum atomic E-state index is -0.368. The SMILES string of the molecule is Cc1ccc(NC(=O)Nc2ccc(I)cc2Cl)cc1Cl. The van der Waals surface area contributed by atoms with Crippen LogP contribution in [-0.2, 0) is 0 Å². The smallest absolute Gasteiger partial charge is 0.308 e. The van der Waals surface area contributed by atoms with E-state index in [0.717, 1.165) is 9.13 Å². The first-order valence-electron chi connectivity index (χ1n) is 5.75. The summed E-state index contributed by atoms with van der Waals surface area (Å²) in [6.45, 7) is 1.90. The molecule has 20 heavy (non-hydrogen) atoms. The number of benzene rings is 2. The van der Waals surface area contributed by atoms with E-state index in [9.17, 15) is 4.79 Å². The molecule has 0 atom stereocenters. The Balaban J connectivity index is 2.07. The van der Waals surface area contributed by atoms with Crippen LogP contribution in [0.25, 0.3) is 0 Å². The van der Waals surface area contributed by atoms with Crippen LogP contribution in [0.3, 0.4) is 0 Å². The molecule has 0 aliphatic carbocycles. The zero-order valence-corrected chi connectivity index (χ0v) is 14.2. The van der Waals surface area contributed by atoms with Gasteiger partial charge in [-0.25, -0.2) is 4.79 Å². The van der Waals surface area contributed by atoms with E-state index in [2.05, 4.69) is 33.2 Å². The molecule has 2 N–H and O–H groups in total. The summed E-state index contributed by atoms with van der Waals surface area (Å²) in [6, 6.07) is 10.4. The Hall–Kier alpha value is -0.980. The number of rotatable bonds is 2. The van der Waals surface area contributed by atoms with Crippen molar-refractivity contribution in [3.8, 4) is 0 Å². The number of amides is 2. The quantitative estimate of drug-likeness (QED) is 0.614. The van der Waals surface area contributed by atoms with Gasteiger partial charge in [-0.1, -0.05) is 29.3 Å². The maximum Gasteiger partial charge on any atom is 0.323 e. The molecule has 0 aromatic heterocycles. The first kappa shape index (κ1) is 15.4. The second-order valence-electron chi connectivity index (χ2n) is 4.17. The average Bonchev–Trinajstić information content (AvgIpc) is 2.37. The predicted molar refractivity (Wildman–Crippen MR) is 93.0 cm³/mol. The maximum absolute atomic E-state index is 11.9. The fraction of sp³-hybridized carbons (Fsp3) is 0.0714. The van der Waals surface area contributed by atoms with Gasteiger partial charge < -0.3 is 10.6 Å². The molecule has 0 spiro atoms. The lowest BCUT2D eigenvalue weighted by Gasteiger charge is -2.10. The number of hydrogen-bond acceptors (Lipinski definition) is 1. The number of aryl methyl sites for hydroxylation is 1. The molecule has 2 aromatic carbocycles. The fourth-order valence-corrected chi connectivity index (χ4v) is 2.63. The minimum Gasteiger partial charge on any atom is -0.308 e. The first-order valence-corrected chi connectivity index (χ1v) is 7.58. The Bertz CT molecular complexity index is 662. The Morgan fingerprint density at radius 1 is 1.05 bits per heavy atom. The topological polar surface area (TPSA) is 41.1 Å². The Morgan fingerprint density at radius 2 is 1.80 bits per heavy atom. The van der Waals surface area contributed by atoms with E-state index in [0.29, 0.717) is 21.4 Å². The molecule has 2 aromatic rings. The summed E-state index contributed by atoms with van der Waals surface area (Å²) in [5, 5.41) is 6.50. The third kappa shape index (κ3) is 4.01. The van der Waals surface area contributed by atoms with Crippen LogP contribution in [0.4, 0.5) is 16.2 Å². The van der Waals surface area contributed by atoms with Crippen molar-refractivity contribution in [1.29, 1.82) is 0 Å². The highest BCUT2D eigenvalue weighted by Gasteiger charge is 2.07. The number of urea groups is 1. The monoisotopic (exact) mass is 420 g/mol. The molecule has 0 fully saturated rings. The molecule has 2 rings (SSSR count). The lowest BCUT2D eigenvalue weighted by atomic mass is 10.2. The molecule has 0 aliphatic rings. The molecule has 0 saturated heterocycles. The molecule has 0 aliphatic heterocycles. The lowest BCUT2D eigenvalue weighted by molar-refractivity contribution is 0.262. The van der Waals surface area contributed by atoms with Gasteiger partial charge in [0.1, 0.15) is 0 Å². The minimum absolute atomic E-state index is 0.368. The number of nitrogens with one attached hydrogen (secondary N) is 2. The molecule has 104 valence electrons. The zero-order valence-electron chi connectivity index (χ0n) is 10.5. The average molecular weight is 421 g/mol. The van der Waals surface area contributed by atoms with Crippen molar-refractivity contribution in [2.45, 2.75) is 6.92 Å². The van der Waals surface area contributed by atoms with Gasteiger partial charge in [0.15, 0.2) is 0 Å². The Kier molecular flexibility index (Phi) is 5.12. The number of hydrogen-bond donors (Lipinski definition) is 2. The van der Waals surface area contributed by atoms with Gasteiger partial charge >= 0.3 is 6.03 Å². The van der Waals surface area contributed by atoms with Crippen LogP contribution in [0.5, 0.6) is 0 Å². The van der Waals surface area contributed by atoms with Crippen LogP contribution in [0.2, 0.25) is 10.0 Å².